The van der Waals surface area contributed by atoms with Gasteiger partial charge >= 0.3 is 5.97 Å². The summed E-state index contributed by atoms with van der Waals surface area (Å²) < 4.78 is 10.8. The fourth-order valence-electron chi connectivity index (χ4n) is 3.86. The third kappa shape index (κ3) is 4.45. The normalized spacial score (nSPS) is 20.4. The third-order valence-corrected chi connectivity index (χ3v) is 5.75. The lowest BCUT2D eigenvalue weighted by molar-refractivity contribution is -0.130. The Labute approximate surface area is 174 Å². The van der Waals surface area contributed by atoms with Crippen LogP contribution in [-0.4, -0.2) is 55.7 Å². The number of ether oxygens (including phenoxy) is 2. The van der Waals surface area contributed by atoms with Crippen LogP contribution < -0.4 is 5.32 Å². The van der Waals surface area contributed by atoms with Crippen molar-refractivity contribution in [2.24, 2.45) is 0 Å². The lowest BCUT2D eigenvalue weighted by Gasteiger charge is -2.35. The van der Waals surface area contributed by atoms with Crippen molar-refractivity contribution in [3.05, 3.63) is 70.2 Å². The molecule has 1 amide bonds. The molecule has 2 atom stereocenters. The van der Waals surface area contributed by atoms with Gasteiger partial charge in [0.05, 0.1) is 24.8 Å². The van der Waals surface area contributed by atoms with E-state index in [9.17, 15) is 9.59 Å². The maximum absolute atomic E-state index is 12.8. The topological polar surface area (TPSA) is 67.9 Å². The second-order valence-corrected chi connectivity index (χ2v) is 7.59. The van der Waals surface area contributed by atoms with Gasteiger partial charge in [0.1, 0.15) is 0 Å². The van der Waals surface area contributed by atoms with Crippen LogP contribution in [0.25, 0.3) is 0 Å². The average Bonchev–Trinajstić information content (AvgIpc) is 2.75. The minimum absolute atomic E-state index is 0.0804. The molecule has 0 spiro atoms. The van der Waals surface area contributed by atoms with Gasteiger partial charge in [0, 0.05) is 31.1 Å². The van der Waals surface area contributed by atoms with Crippen LogP contribution in [0, 0.1) is 0 Å². The Morgan fingerprint density at radius 3 is 2.66 bits per heavy atom. The Bertz CT molecular complexity index is 898. The van der Waals surface area contributed by atoms with Gasteiger partial charge < -0.3 is 14.8 Å². The number of nitrogens with zero attached hydrogens (tertiary/aromatic N) is 1. The quantitative estimate of drug-likeness (QED) is 0.762. The van der Waals surface area contributed by atoms with Crippen molar-refractivity contribution >= 4 is 23.5 Å². The number of esters is 1. The summed E-state index contributed by atoms with van der Waals surface area (Å²) in [6.45, 7) is 3.19. The smallest absolute Gasteiger partial charge is 0.339 e. The molecular weight excluding hydrogens is 392 g/mol. The zero-order valence-electron chi connectivity index (χ0n) is 16.0. The largest absolute Gasteiger partial charge is 0.448 e. The van der Waals surface area contributed by atoms with Gasteiger partial charge in [0.25, 0.3) is 5.91 Å². The minimum Gasteiger partial charge on any atom is -0.448 e. The fourth-order valence-corrected chi connectivity index (χ4v) is 4.12. The first kappa shape index (κ1) is 19.9. The molecule has 0 bridgehead atoms. The lowest BCUT2D eigenvalue weighted by atomic mass is 9.98. The molecule has 0 radical (unpaired) electrons. The van der Waals surface area contributed by atoms with Crippen LogP contribution in [0.1, 0.15) is 27.5 Å². The number of halogens is 1. The number of morpholine rings is 1. The third-order valence-electron chi connectivity index (χ3n) is 5.40. The second kappa shape index (κ2) is 8.95. The van der Waals surface area contributed by atoms with E-state index in [1.54, 1.807) is 12.1 Å². The number of cyclic esters (lactones) is 1. The number of benzene rings is 2. The van der Waals surface area contributed by atoms with Gasteiger partial charge in [-0.05, 0) is 23.3 Å². The lowest BCUT2D eigenvalue weighted by Crippen LogP contribution is -2.47. The molecule has 7 heteroatoms. The van der Waals surface area contributed by atoms with Crippen LogP contribution >= 0.6 is 11.6 Å². The maximum atomic E-state index is 12.8. The van der Waals surface area contributed by atoms with Crippen molar-refractivity contribution in [1.82, 2.24) is 10.2 Å². The number of fused-ring (bicyclic) bond motifs is 1. The molecule has 29 heavy (non-hydrogen) atoms. The molecule has 4 rings (SSSR count). The minimum atomic E-state index is -0.825. The Hall–Kier alpha value is -2.41. The molecule has 2 aliphatic rings. The Kier molecular flexibility index (Phi) is 6.13. The van der Waals surface area contributed by atoms with Gasteiger partial charge in [0.2, 0.25) is 0 Å². The van der Waals surface area contributed by atoms with Crippen LogP contribution in [0.5, 0.6) is 0 Å². The predicted molar refractivity (Wildman–Crippen MR) is 109 cm³/mol. The molecule has 2 aliphatic heterocycles. The van der Waals surface area contributed by atoms with Crippen molar-refractivity contribution in [3.63, 3.8) is 0 Å². The summed E-state index contributed by atoms with van der Waals surface area (Å²) >= 11 is 6.44. The molecule has 2 heterocycles. The Morgan fingerprint density at radius 2 is 1.86 bits per heavy atom. The Morgan fingerprint density at radius 1 is 1.14 bits per heavy atom. The van der Waals surface area contributed by atoms with E-state index >= 15 is 0 Å². The number of carbonyl (C=O) groups excluding carboxylic acids is 2. The Balaban J connectivity index is 1.47. The molecule has 0 aromatic heterocycles. The van der Waals surface area contributed by atoms with Gasteiger partial charge in [-0.15, -0.1) is 0 Å². The van der Waals surface area contributed by atoms with E-state index in [0.29, 0.717) is 36.8 Å². The SMILES string of the molecule is O=C1O[C@@H](C(=O)NC[C@@H](c2ccccc2Cl)N2CCOCC2)Cc2ccccc21. The van der Waals surface area contributed by atoms with E-state index < -0.39 is 12.1 Å². The second-order valence-electron chi connectivity index (χ2n) is 7.19. The van der Waals surface area contributed by atoms with Gasteiger partial charge in [-0.2, -0.15) is 0 Å². The van der Waals surface area contributed by atoms with Gasteiger partial charge in [-0.25, -0.2) is 4.79 Å². The highest BCUT2D eigenvalue weighted by atomic mass is 35.5. The first-order valence-electron chi connectivity index (χ1n) is 9.76. The van der Waals surface area contributed by atoms with E-state index in [2.05, 4.69) is 10.2 Å². The number of nitrogens with one attached hydrogen (secondary N) is 1. The van der Waals surface area contributed by atoms with Crippen molar-refractivity contribution in [2.45, 2.75) is 18.6 Å². The molecule has 6 nitrogen and oxygen atoms in total. The zero-order chi connectivity index (χ0) is 20.2. The van der Waals surface area contributed by atoms with E-state index in [4.69, 9.17) is 21.1 Å². The van der Waals surface area contributed by atoms with Gasteiger partial charge in [-0.3, -0.25) is 9.69 Å². The molecule has 1 N–H and O–H groups in total. The molecular formula is C22H23ClN2O4. The van der Waals surface area contributed by atoms with Gasteiger partial charge in [0.15, 0.2) is 6.10 Å². The summed E-state index contributed by atoms with van der Waals surface area (Å²) in [4.78, 5) is 27.3. The molecule has 2 aromatic rings. The number of rotatable bonds is 5. The summed E-state index contributed by atoms with van der Waals surface area (Å²) in [5.41, 5.74) is 2.32. The van der Waals surface area contributed by atoms with Crippen LogP contribution in [0.3, 0.4) is 0 Å². The molecule has 1 fully saturated rings. The van der Waals surface area contributed by atoms with Crippen LogP contribution in [-0.2, 0) is 20.7 Å². The van der Waals surface area contributed by atoms with E-state index in [0.717, 1.165) is 24.2 Å². The predicted octanol–water partition coefficient (Wildman–Crippen LogP) is 2.61. The number of hydrogen-bond acceptors (Lipinski definition) is 5. The molecule has 0 aliphatic carbocycles. The molecule has 2 aromatic carbocycles. The van der Waals surface area contributed by atoms with Crippen molar-refractivity contribution < 1.29 is 19.1 Å². The molecule has 0 unspecified atom stereocenters. The van der Waals surface area contributed by atoms with Crippen molar-refractivity contribution in [3.8, 4) is 0 Å². The molecule has 152 valence electrons. The van der Waals surface area contributed by atoms with E-state index in [1.165, 1.54) is 0 Å². The van der Waals surface area contributed by atoms with Gasteiger partial charge in [-0.1, -0.05) is 48.0 Å². The highest BCUT2D eigenvalue weighted by Gasteiger charge is 2.32. The highest BCUT2D eigenvalue weighted by Crippen LogP contribution is 2.28. The average molecular weight is 415 g/mol. The van der Waals surface area contributed by atoms with Crippen molar-refractivity contribution in [1.29, 1.82) is 0 Å². The number of hydrogen-bond donors (Lipinski definition) is 1. The molecule has 0 saturated carbocycles. The summed E-state index contributed by atoms with van der Waals surface area (Å²) in [5.74, 6) is -0.749. The summed E-state index contributed by atoms with van der Waals surface area (Å²) in [6.07, 6.45) is -0.448. The summed E-state index contributed by atoms with van der Waals surface area (Å²) in [7, 11) is 0. The zero-order valence-corrected chi connectivity index (χ0v) is 16.7. The van der Waals surface area contributed by atoms with Crippen molar-refractivity contribution in [2.75, 3.05) is 32.8 Å². The van der Waals surface area contributed by atoms with Crippen LogP contribution in [0.15, 0.2) is 48.5 Å². The molecule has 1 saturated heterocycles. The fraction of sp³-hybridized carbons (Fsp3) is 0.364. The van der Waals surface area contributed by atoms with E-state index in [-0.39, 0.29) is 11.9 Å². The number of carbonyl (C=O) groups is 2. The first-order chi connectivity index (χ1) is 14.1. The highest BCUT2D eigenvalue weighted by molar-refractivity contribution is 6.31. The standard InChI is InChI=1S/C22H23ClN2O4/c23-18-8-4-3-7-17(18)19(25-9-11-28-12-10-25)14-24-21(26)20-13-15-5-1-2-6-16(15)22(27)29-20/h1-8,19-20H,9-14H2,(H,24,26)/t19-,20+/m0/s1. The summed E-state index contributed by atoms with van der Waals surface area (Å²) in [5, 5.41) is 3.63. The number of amides is 1. The summed E-state index contributed by atoms with van der Waals surface area (Å²) in [6, 6.07) is 14.8. The van der Waals surface area contributed by atoms with E-state index in [1.807, 2.05) is 36.4 Å². The van der Waals surface area contributed by atoms with Crippen LogP contribution in [0.4, 0.5) is 0 Å². The maximum Gasteiger partial charge on any atom is 0.339 e. The van der Waals surface area contributed by atoms with Crippen LogP contribution in [0.2, 0.25) is 5.02 Å². The monoisotopic (exact) mass is 414 g/mol. The first-order valence-corrected chi connectivity index (χ1v) is 10.1.